The van der Waals surface area contributed by atoms with Crippen LogP contribution in [0.3, 0.4) is 0 Å². The second-order valence-electron chi connectivity index (χ2n) is 6.53. The van der Waals surface area contributed by atoms with Gasteiger partial charge in [0.1, 0.15) is 0 Å². The van der Waals surface area contributed by atoms with E-state index in [0.717, 1.165) is 36.3 Å². The van der Waals surface area contributed by atoms with E-state index in [9.17, 15) is 4.79 Å². The molecule has 28 heavy (non-hydrogen) atoms. The molecule has 3 aromatic rings. The number of thioether (sulfide) groups is 1. The number of nitrogens with one attached hydrogen (secondary N) is 1. The van der Waals surface area contributed by atoms with E-state index in [4.69, 9.17) is 4.74 Å². The fraction of sp³-hybridized carbons (Fsp3) is 0.300. The maximum absolute atomic E-state index is 12.5. The van der Waals surface area contributed by atoms with Crippen LogP contribution in [-0.4, -0.2) is 44.6 Å². The number of anilines is 1. The van der Waals surface area contributed by atoms with Gasteiger partial charge in [-0.1, -0.05) is 60.3 Å². The average molecular weight is 395 g/mol. The minimum Gasteiger partial charge on any atom is -0.376 e. The summed E-state index contributed by atoms with van der Waals surface area (Å²) in [5.41, 5.74) is 2.84. The number of para-hydroxylation sites is 1. The molecule has 144 valence electrons. The quantitative estimate of drug-likeness (QED) is 0.619. The van der Waals surface area contributed by atoms with Gasteiger partial charge in [0.2, 0.25) is 11.1 Å². The Morgan fingerprint density at radius 2 is 2.00 bits per heavy atom. The fourth-order valence-electron chi connectivity index (χ4n) is 3.17. The maximum atomic E-state index is 12.5. The molecule has 0 bridgehead atoms. The molecule has 7 nitrogen and oxygen atoms in total. The van der Waals surface area contributed by atoms with Crippen LogP contribution in [0.4, 0.5) is 5.69 Å². The summed E-state index contributed by atoms with van der Waals surface area (Å²) < 4.78 is 7.35. The molecule has 2 heterocycles. The second kappa shape index (κ2) is 8.99. The van der Waals surface area contributed by atoms with Crippen LogP contribution in [-0.2, 0) is 16.1 Å². The summed E-state index contributed by atoms with van der Waals surface area (Å²) in [4.78, 5) is 12.5. The first kappa shape index (κ1) is 18.6. The molecule has 2 aromatic carbocycles. The summed E-state index contributed by atoms with van der Waals surface area (Å²) in [7, 11) is 0. The van der Waals surface area contributed by atoms with Crippen molar-refractivity contribution in [2.45, 2.75) is 30.6 Å². The molecule has 1 atom stereocenters. The largest absolute Gasteiger partial charge is 0.376 e. The van der Waals surface area contributed by atoms with E-state index >= 15 is 0 Å². The van der Waals surface area contributed by atoms with E-state index < -0.39 is 0 Å². The van der Waals surface area contributed by atoms with Gasteiger partial charge in [-0.25, -0.2) is 4.68 Å². The Morgan fingerprint density at radius 1 is 1.18 bits per heavy atom. The smallest absolute Gasteiger partial charge is 0.234 e. The monoisotopic (exact) mass is 395 g/mol. The SMILES string of the molecule is O=C(CSc1nnnn1CC1CCCO1)Nc1ccccc1-c1ccccc1. The van der Waals surface area contributed by atoms with Crippen LogP contribution in [0.25, 0.3) is 11.1 Å². The molecule has 1 aliphatic heterocycles. The first-order valence-corrected chi connectivity index (χ1v) is 10.2. The Bertz CT molecular complexity index is 925. The molecule has 1 aromatic heterocycles. The first-order valence-electron chi connectivity index (χ1n) is 9.24. The minimum atomic E-state index is -0.0972. The fourth-order valence-corrected chi connectivity index (χ4v) is 3.86. The van der Waals surface area contributed by atoms with Crippen LogP contribution >= 0.6 is 11.8 Å². The van der Waals surface area contributed by atoms with Crippen molar-refractivity contribution in [3.05, 3.63) is 54.6 Å². The highest BCUT2D eigenvalue weighted by Gasteiger charge is 2.19. The van der Waals surface area contributed by atoms with Gasteiger partial charge >= 0.3 is 0 Å². The van der Waals surface area contributed by atoms with Crippen molar-refractivity contribution in [2.24, 2.45) is 0 Å². The third-order valence-corrected chi connectivity index (χ3v) is 5.48. The van der Waals surface area contributed by atoms with E-state index in [1.807, 2.05) is 54.6 Å². The average Bonchev–Trinajstić information content (AvgIpc) is 3.40. The van der Waals surface area contributed by atoms with Gasteiger partial charge in [-0.05, 0) is 34.9 Å². The molecular formula is C20H21N5O2S. The van der Waals surface area contributed by atoms with Crippen LogP contribution < -0.4 is 5.32 Å². The maximum Gasteiger partial charge on any atom is 0.234 e. The molecule has 4 rings (SSSR count). The van der Waals surface area contributed by atoms with Gasteiger partial charge in [-0.15, -0.1) is 5.10 Å². The van der Waals surface area contributed by atoms with E-state index in [0.29, 0.717) is 11.7 Å². The van der Waals surface area contributed by atoms with Crippen molar-refractivity contribution >= 4 is 23.4 Å². The Hall–Kier alpha value is -2.71. The zero-order valence-corrected chi connectivity index (χ0v) is 16.1. The molecule has 0 aliphatic carbocycles. The predicted molar refractivity (Wildman–Crippen MR) is 108 cm³/mol. The Balaban J connectivity index is 1.38. The van der Waals surface area contributed by atoms with Gasteiger partial charge in [0.05, 0.1) is 18.4 Å². The molecule has 1 aliphatic rings. The third kappa shape index (κ3) is 4.58. The van der Waals surface area contributed by atoms with E-state index in [1.165, 1.54) is 11.8 Å². The van der Waals surface area contributed by atoms with Crippen LogP contribution in [0.2, 0.25) is 0 Å². The van der Waals surface area contributed by atoms with Gasteiger partial charge in [0, 0.05) is 17.9 Å². The van der Waals surface area contributed by atoms with Crippen molar-refractivity contribution in [1.29, 1.82) is 0 Å². The summed E-state index contributed by atoms with van der Waals surface area (Å²) in [6.45, 7) is 1.41. The molecule has 1 N–H and O–H groups in total. The number of carbonyl (C=O) groups is 1. The van der Waals surface area contributed by atoms with Gasteiger partial charge in [0.25, 0.3) is 0 Å². The molecule has 1 amide bonds. The number of benzene rings is 2. The first-order chi connectivity index (χ1) is 13.8. The molecule has 8 heteroatoms. The molecule has 0 radical (unpaired) electrons. The van der Waals surface area contributed by atoms with Gasteiger partial charge in [-0.2, -0.15) is 0 Å². The minimum absolute atomic E-state index is 0.0972. The van der Waals surface area contributed by atoms with Crippen molar-refractivity contribution in [3.8, 4) is 11.1 Å². The standard InChI is InChI=1S/C20H21N5O2S/c26-19(14-28-20-22-23-24-25(20)13-16-9-6-12-27-16)21-18-11-5-4-10-17(18)15-7-2-1-3-8-15/h1-5,7-8,10-11,16H,6,9,12-14H2,(H,21,26). The number of rotatable bonds is 7. The van der Waals surface area contributed by atoms with Crippen LogP contribution in [0, 0.1) is 0 Å². The van der Waals surface area contributed by atoms with Crippen LogP contribution in [0.15, 0.2) is 59.8 Å². The highest BCUT2D eigenvalue weighted by Crippen LogP contribution is 2.28. The summed E-state index contributed by atoms with van der Waals surface area (Å²) in [5.74, 6) is 0.134. The predicted octanol–water partition coefficient (Wildman–Crippen LogP) is 3.25. The number of nitrogens with zero attached hydrogens (tertiary/aromatic N) is 4. The van der Waals surface area contributed by atoms with Crippen molar-refractivity contribution in [3.63, 3.8) is 0 Å². The molecule has 1 saturated heterocycles. The topological polar surface area (TPSA) is 81.9 Å². The highest BCUT2D eigenvalue weighted by molar-refractivity contribution is 7.99. The summed E-state index contributed by atoms with van der Waals surface area (Å²) >= 11 is 1.33. The summed E-state index contributed by atoms with van der Waals surface area (Å²) in [6, 6.07) is 17.8. The molecular weight excluding hydrogens is 374 g/mol. The summed E-state index contributed by atoms with van der Waals surface area (Å²) in [5, 5.41) is 15.4. The number of carbonyl (C=O) groups excluding carboxylic acids is 1. The lowest BCUT2D eigenvalue weighted by molar-refractivity contribution is -0.113. The van der Waals surface area contributed by atoms with Crippen LogP contribution in [0.5, 0.6) is 0 Å². The zero-order valence-electron chi connectivity index (χ0n) is 15.3. The lowest BCUT2D eigenvalue weighted by Gasteiger charge is -2.12. The number of aromatic nitrogens is 4. The van der Waals surface area contributed by atoms with Crippen molar-refractivity contribution in [1.82, 2.24) is 20.2 Å². The third-order valence-electron chi connectivity index (χ3n) is 4.52. The Kier molecular flexibility index (Phi) is 5.98. The number of tetrazole rings is 1. The lowest BCUT2D eigenvalue weighted by Crippen LogP contribution is -2.18. The summed E-state index contributed by atoms with van der Waals surface area (Å²) in [6.07, 6.45) is 2.23. The normalized spacial score (nSPS) is 16.2. The van der Waals surface area contributed by atoms with E-state index in [-0.39, 0.29) is 17.8 Å². The van der Waals surface area contributed by atoms with Gasteiger partial charge < -0.3 is 10.1 Å². The van der Waals surface area contributed by atoms with Gasteiger partial charge in [-0.3, -0.25) is 4.79 Å². The number of ether oxygens (including phenoxy) is 1. The molecule has 1 unspecified atom stereocenters. The van der Waals surface area contributed by atoms with E-state index in [1.54, 1.807) is 4.68 Å². The van der Waals surface area contributed by atoms with E-state index in [2.05, 4.69) is 20.8 Å². The molecule has 0 saturated carbocycles. The highest BCUT2D eigenvalue weighted by atomic mass is 32.2. The molecule has 1 fully saturated rings. The lowest BCUT2D eigenvalue weighted by atomic mass is 10.0. The number of hydrogen-bond acceptors (Lipinski definition) is 6. The number of hydrogen-bond donors (Lipinski definition) is 1. The Morgan fingerprint density at radius 3 is 2.82 bits per heavy atom. The van der Waals surface area contributed by atoms with Crippen molar-refractivity contribution in [2.75, 3.05) is 17.7 Å². The number of amides is 1. The van der Waals surface area contributed by atoms with Crippen LogP contribution in [0.1, 0.15) is 12.8 Å². The second-order valence-corrected chi connectivity index (χ2v) is 7.47. The zero-order chi connectivity index (χ0) is 19.2. The van der Waals surface area contributed by atoms with Gasteiger partial charge in [0.15, 0.2) is 0 Å². The Labute approximate surface area is 167 Å². The van der Waals surface area contributed by atoms with Crippen molar-refractivity contribution < 1.29 is 9.53 Å². The molecule has 0 spiro atoms.